The predicted octanol–water partition coefficient (Wildman–Crippen LogP) is 17.8. The van der Waals surface area contributed by atoms with Gasteiger partial charge in [-0.3, -0.25) is 0 Å². The van der Waals surface area contributed by atoms with Gasteiger partial charge in [0.2, 0.25) is 0 Å². The van der Waals surface area contributed by atoms with Crippen molar-refractivity contribution in [2.75, 3.05) is 9.80 Å². The molecular weight excluding hydrogens is 908 g/mol. The lowest BCUT2D eigenvalue weighted by Crippen LogP contribution is -2.61. The van der Waals surface area contributed by atoms with Crippen molar-refractivity contribution in [2.45, 2.75) is 175 Å². The average Bonchev–Trinajstić information content (AvgIpc) is 3.73. The summed E-state index contributed by atoms with van der Waals surface area (Å²) in [5.74, 6) is 0. The zero-order chi connectivity index (χ0) is 52.7. The molecule has 0 radical (unpaired) electrons. The molecule has 3 heterocycles. The van der Waals surface area contributed by atoms with E-state index in [-0.39, 0.29) is 39.2 Å². The minimum absolute atomic E-state index is 0.00254. The van der Waals surface area contributed by atoms with Gasteiger partial charge in [0.05, 0.1) is 17.0 Å². The lowest BCUT2D eigenvalue weighted by molar-refractivity contribution is 0.332. The third kappa shape index (κ3) is 7.12. The fraction of sp³-hybridized carbons (Fsp3) is 0.380. The van der Waals surface area contributed by atoms with Crippen LogP contribution in [0.1, 0.15) is 172 Å². The molecule has 2 aliphatic heterocycles. The highest BCUT2D eigenvalue weighted by Gasteiger charge is 2.50. The monoisotopic (exact) mass is 985 g/mol. The smallest absolute Gasteiger partial charge is 0.297 e. The molecule has 1 aromatic heterocycles. The lowest BCUT2D eigenvalue weighted by atomic mass is 9.35. The van der Waals surface area contributed by atoms with Gasteiger partial charge in [-0.15, -0.1) is 0 Å². The van der Waals surface area contributed by atoms with E-state index >= 15 is 0 Å². The fourth-order valence-corrected chi connectivity index (χ4v) is 14.9. The van der Waals surface area contributed by atoms with Crippen LogP contribution in [0.4, 0.5) is 34.1 Å². The van der Waals surface area contributed by atoms with Crippen LogP contribution in [0.5, 0.6) is 0 Å². The van der Waals surface area contributed by atoms with Crippen molar-refractivity contribution >= 4 is 68.4 Å². The van der Waals surface area contributed by atoms with Crippen LogP contribution in [-0.4, -0.2) is 6.71 Å². The molecule has 0 bridgehead atoms. The number of nitrogens with zero attached hydrogens (tertiary/aromatic N) is 2. The van der Waals surface area contributed by atoms with E-state index in [1.807, 2.05) is 0 Å². The molecule has 8 aromatic rings. The summed E-state index contributed by atoms with van der Waals surface area (Å²) < 4.78 is 7.77. The third-order valence-electron chi connectivity index (χ3n) is 19.9. The van der Waals surface area contributed by atoms with Crippen LogP contribution < -0.4 is 26.4 Å². The van der Waals surface area contributed by atoms with Crippen LogP contribution >= 0.6 is 0 Å². The normalized spacial score (nSPS) is 19.6. The number of anilines is 6. The molecule has 5 aliphatic rings. The maximum Gasteiger partial charge on any atom is 0.297 e. The van der Waals surface area contributed by atoms with Crippen molar-refractivity contribution in [1.82, 2.24) is 0 Å². The van der Waals surface area contributed by atoms with Crippen molar-refractivity contribution in [3.63, 3.8) is 0 Å². The highest BCUT2D eigenvalue weighted by Crippen LogP contribution is 2.56. The lowest BCUT2D eigenvalue weighted by Gasteiger charge is -2.47. The van der Waals surface area contributed by atoms with Gasteiger partial charge in [0, 0.05) is 33.7 Å². The summed E-state index contributed by atoms with van der Waals surface area (Å²) in [5, 5.41) is 1.20. The van der Waals surface area contributed by atoms with Gasteiger partial charge in [0.15, 0.2) is 0 Å². The zero-order valence-corrected chi connectivity index (χ0v) is 47.7. The summed E-state index contributed by atoms with van der Waals surface area (Å²) in [6.45, 7) is 36.3. The second-order valence-electron chi connectivity index (χ2n) is 27.9. The van der Waals surface area contributed by atoms with Crippen molar-refractivity contribution in [3.05, 3.63) is 171 Å². The number of hydrogen-bond acceptors (Lipinski definition) is 3. The van der Waals surface area contributed by atoms with E-state index in [0.717, 1.165) is 55.5 Å². The van der Waals surface area contributed by atoms with Crippen LogP contribution in [0.2, 0.25) is 0 Å². The Kier molecular flexibility index (Phi) is 10.3. The second kappa shape index (κ2) is 15.9. The second-order valence-corrected chi connectivity index (χ2v) is 27.9. The van der Waals surface area contributed by atoms with E-state index in [1.54, 1.807) is 0 Å². The van der Waals surface area contributed by atoms with Crippen LogP contribution in [0.3, 0.4) is 0 Å². The SMILES string of the molecule is Cc1cc2c3c(c1)N(c1ccc(-c4c(C)cccc4C)cc1)c1c(oc4cc5c(cc14)C(C)(C)CCC5(C)C)B3c1cc3c(cc1N2c1cc2c(cc1-c1ccccc1)C(C)(C)CCC2(C)C)C(C)(C)CCC3(C)C. The van der Waals surface area contributed by atoms with Crippen LogP contribution in [-0.2, 0) is 32.5 Å². The summed E-state index contributed by atoms with van der Waals surface area (Å²) in [4.78, 5) is 5.34. The third-order valence-corrected chi connectivity index (χ3v) is 19.9. The van der Waals surface area contributed by atoms with Gasteiger partial charge >= 0.3 is 0 Å². The maximum absolute atomic E-state index is 7.77. The van der Waals surface area contributed by atoms with E-state index in [9.17, 15) is 0 Å². The average molecular weight is 985 g/mol. The topological polar surface area (TPSA) is 19.6 Å². The number of hydrogen-bond donors (Lipinski definition) is 0. The molecule has 0 spiro atoms. The Morgan fingerprint density at radius 1 is 0.427 bits per heavy atom. The Balaban J connectivity index is 1.17. The minimum Gasteiger partial charge on any atom is -0.468 e. The number of aryl methyl sites for hydroxylation is 3. The Morgan fingerprint density at radius 3 is 1.47 bits per heavy atom. The van der Waals surface area contributed by atoms with Gasteiger partial charge in [0.1, 0.15) is 5.58 Å². The molecule has 0 saturated heterocycles. The molecule has 3 nitrogen and oxygen atoms in total. The van der Waals surface area contributed by atoms with Crippen molar-refractivity contribution < 1.29 is 4.42 Å². The first-order chi connectivity index (χ1) is 35.4. The van der Waals surface area contributed by atoms with Crippen molar-refractivity contribution in [2.24, 2.45) is 0 Å². The minimum atomic E-state index is -0.147. The van der Waals surface area contributed by atoms with E-state index < -0.39 is 0 Å². The van der Waals surface area contributed by atoms with Gasteiger partial charge in [-0.2, -0.15) is 0 Å². The molecule has 0 atom stereocenters. The summed E-state index contributed by atoms with van der Waals surface area (Å²) in [6, 6.07) is 48.0. The first-order valence-electron chi connectivity index (χ1n) is 28.3. The van der Waals surface area contributed by atoms with E-state index in [1.165, 1.54) is 117 Å². The number of rotatable bonds is 4. The molecule has 0 unspecified atom stereocenters. The standard InChI is InChI=1S/C71H77BN2O/c1-42-34-59-63-60(35-42)74(57-39-53-50(66(4,5)28-31-69(53,10)11)36-48(57)45-22-17-16-18-23-45)58-40-54-52(68(8,9)30-32-70(54,12)13)38-56(58)72(63)65-64(49-37-51-55(41-61(49)75-65)71(14,15)33-29-67(51,6)7)73(59)47-26-24-46(25-27-47)62-43(2)20-19-21-44(62)3/h16-27,34-41H,28-33H2,1-15H3. The fourth-order valence-electron chi connectivity index (χ4n) is 14.9. The highest BCUT2D eigenvalue weighted by atomic mass is 16.3. The number of benzene rings is 7. The number of fused-ring (bicyclic) bond motifs is 9. The van der Waals surface area contributed by atoms with Gasteiger partial charge < -0.3 is 14.2 Å². The Labute approximate surface area is 448 Å². The molecule has 13 rings (SSSR count). The van der Waals surface area contributed by atoms with Gasteiger partial charge in [0.25, 0.3) is 6.71 Å². The highest BCUT2D eigenvalue weighted by molar-refractivity contribution is 7.00. The molecular formula is C71H77BN2O. The van der Waals surface area contributed by atoms with Gasteiger partial charge in [-0.1, -0.05) is 150 Å². The molecule has 0 N–H and O–H groups in total. The molecule has 380 valence electrons. The predicted molar refractivity (Wildman–Crippen MR) is 321 cm³/mol. The van der Waals surface area contributed by atoms with E-state index in [4.69, 9.17) is 4.42 Å². The molecule has 3 aliphatic carbocycles. The van der Waals surface area contributed by atoms with Gasteiger partial charge in [-0.25, -0.2) is 0 Å². The molecule has 4 heteroatoms. The molecule has 0 saturated carbocycles. The summed E-state index contributed by atoms with van der Waals surface area (Å²) in [6.07, 6.45) is 6.91. The van der Waals surface area contributed by atoms with Crippen LogP contribution in [0.25, 0.3) is 33.2 Å². The Morgan fingerprint density at radius 2 is 0.907 bits per heavy atom. The van der Waals surface area contributed by atoms with E-state index in [2.05, 4.69) is 235 Å². The largest absolute Gasteiger partial charge is 0.468 e. The van der Waals surface area contributed by atoms with Crippen molar-refractivity contribution in [3.8, 4) is 22.3 Å². The number of furan rings is 1. The van der Waals surface area contributed by atoms with Gasteiger partial charge in [-0.05, 0) is 224 Å². The van der Waals surface area contributed by atoms with Crippen LogP contribution in [0.15, 0.2) is 126 Å². The first kappa shape index (κ1) is 48.4. The van der Waals surface area contributed by atoms with E-state index in [0.29, 0.717) is 0 Å². The molecule has 7 aromatic carbocycles. The quantitative estimate of drug-likeness (QED) is 0.164. The maximum atomic E-state index is 7.77. The summed E-state index contributed by atoms with van der Waals surface area (Å²) in [7, 11) is 0. The Bertz CT molecular complexity index is 3690. The Hall–Kier alpha value is -6.26. The van der Waals surface area contributed by atoms with Crippen molar-refractivity contribution in [1.29, 1.82) is 0 Å². The summed E-state index contributed by atoms with van der Waals surface area (Å²) >= 11 is 0. The summed E-state index contributed by atoms with van der Waals surface area (Å²) in [5.41, 5.74) is 29.8. The molecule has 0 amide bonds. The van der Waals surface area contributed by atoms with Crippen LogP contribution in [0, 0.1) is 20.8 Å². The zero-order valence-electron chi connectivity index (χ0n) is 47.7. The molecule has 75 heavy (non-hydrogen) atoms. The molecule has 0 fully saturated rings. The first-order valence-corrected chi connectivity index (χ1v) is 28.3.